The van der Waals surface area contributed by atoms with Crippen LogP contribution in [-0.2, 0) is 4.79 Å². The van der Waals surface area contributed by atoms with Crippen molar-refractivity contribution in [1.29, 1.82) is 0 Å². The predicted octanol–water partition coefficient (Wildman–Crippen LogP) is 2.81. The van der Waals surface area contributed by atoms with Gasteiger partial charge in [0.15, 0.2) is 0 Å². The van der Waals surface area contributed by atoms with Crippen LogP contribution >= 0.6 is 0 Å². The third-order valence-corrected chi connectivity index (χ3v) is 4.62. The number of benzene rings is 1. The van der Waals surface area contributed by atoms with Crippen molar-refractivity contribution in [2.75, 3.05) is 11.9 Å². The van der Waals surface area contributed by atoms with Crippen molar-refractivity contribution < 1.29 is 9.59 Å². The van der Waals surface area contributed by atoms with Gasteiger partial charge in [-0.1, -0.05) is 6.08 Å². The van der Waals surface area contributed by atoms with Crippen LogP contribution in [0.5, 0.6) is 0 Å². The molecule has 1 aromatic rings. The maximum Gasteiger partial charge on any atom is 0.326 e. The zero-order chi connectivity index (χ0) is 16.9. The van der Waals surface area contributed by atoms with E-state index in [9.17, 15) is 9.59 Å². The highest BCUT2D eigenvalue weighted by atomic mass is 16.2. The molecule has 1 fully saturated rings. The Labute approximate surface area is 136 Å². The van der Waals surface area contributed by atoms with Gasteiger partial charge in [-0.15, -0.1) is 0 Å². The number of carbonyl (C=O) groups excluding carboxylic acids is 2. The van der Waals surface area contributed by atoms with Crippen LogP contribution in [0.2, 0.25) is 0 Å². The molecule has 23 heavy (non-hydrogen) atoms. The second-order valence-electron chi connectivity index (χ2n) is 6.73. The maximum atomic E-state index is 11.7. The number of allylic oxidation sites excluding steroid dienone is 1. The molecular weight excluding hydrogens is 290 g/mol. The summed E-state index contributed by atoms with van der Waals surface area (Å²) >= 11 is 0. The molecule has 0 bridgehead atoms. The lowest BCUT2D eigenvalue weighted by molar-refractivity contribution is -0.115. The van der Waals surface area contributed by atoms with E-state index in [4.69, 9.17) is 0 Å². The first-order chi connectivity index (χ1) is 10.7. The molecule has 0 aromatic heterocycles. The van der Waals surface area contributed by atoms with E-state index in [-0.39, 0.29) is 11.2 Å². The third-order valence-electron chi connectivity index (χ3n) is 4.62. The van der Waals surface area contributed by atoms with Gasteiger partial charge >= 0.3 is 6.03 Å². The van der Waals surface area contributed by atoms with E-state index in [1.165, 1.54) is 11.3 Å². The lowest BCUT2D eigenvalue weighted by Gasteiger charge is -2.41. The Kier molecular flexibility index (Phi) is 3.32. The summed E-state index contributed by atoms with van der Waals surface area (Å²) in [7, 11) is 2.09. The lowest BCUT2D eigenvalue weighted by Crippen LogP contribution is -2.42. The number of hydrogen-bond donors (Lipinski definition) is 2. The highest BCUT2D eigenvalue weighted by molar-refractivity contribution is 6.14. The molecule has 2 aliphatic heterocycles. The molecule has 1 saturated heterocycles. The van der Waals surface area contributed by atoms with Gasteiger partial charge in [-0.25, -0.2) is 4.79 Å². The largest absolute Gasteiger partial charge is 0.365 e. The van der Waals surface area contributed by atoms with Crippen LogP contribution in [0, 0.1) is 6.92 Å². The number of likely N-dealkylation sites (N-methyl/N-ethyl adjacent to an activating group) is 1. The van der Waals surface area contributed by atoms with E-state index < -0.39 is 11.9 Å². The first-order valence-corrected chi connectivity index (χ1v) is 7.61. The summed E-state index contributed by atoms with van der Waals surface area (Å²) in [6.45, 7) is 8.48. The smallest absolute Gasteiger partial charge is 0.326 e. The number of anilines is 1. The number of urea groups is 1. The minimum atomic E-state index is -0.477. The summed E-state index contributed by atoms with van der Waals surface area (Å²) in [5, 5.41) is 4.75. The number of amides is 3. The number of rotatable bonds is 1. The summed E-state index contributed by atoms with van der Waals surface area (Å²) in [4.78, 5) is 25.2. The molecule has 5 heteroatoms. The average Bonchev–Trinajstić information content (AvgIpc) is 2.76. The minimum Gasteiger partial charge on any atom is -0.365 e. The normalized spacial score (nSPS) is 21.0. The quantitative estimate of drug-likeness (QED) is 0.619. The average molecular weight is 311 g/mol. The topological polar surface area (TPSA) is 61.4 Å². The fraction of sp³-hybridized carbons (Fsp3) is 0.333. The first-order valence-electron chi connectivity index (χ1n) is 7.61. The van der Waals surface area contributed by atoms with E-state index in [0.717, 1.165) is 16.7 Å². The molecule has 2 aliphatic rings. The van der Waals surface area contributed by atoms with Gasteiger partial charge < -0.3 is 10.2 Å². The van der Waals surface area contributed by atoms with Crippen LogP contribution in [0.1, 0.15) is 37.5 Å². The lowest BCUT2D eigenvalue weighted by atomic mass is 9.87. The molecule has 0 aliphatic carbocycles. The second-order valence-corrected chi connectivity index (χ2v) is 6.73. The van der Waals surface area contributed by atoms with Gasteiger partial charge in [0, 0.05) is 18.3 Å². The Morgan fingerprint density at radius 2 is 1.83 bits per heavy atom. The monoisotopic (exact) mass is 311 g/mol. The number of imide groups is 1. The van der Waals surface area contributed by atoms with Gasteiger partial charge in [0.05, 0.1) is 5.54 Å². The Bertz CT molecular complexity index is 788. The van der Waals surface area contributed by atoms with Crippen molar-refractivity contribution in [1.82, 2.24) is 10.6 Å². The Morgan fingerprint density at radius 3 is 2.43 bits per heavy atom. The summed E-state index contributed by atoms with van der Waals surface area (Å²) in [6.07, 6.45) is 3.97. The van der Waals surface area contributed by atoms with Crippen LogP contribution in [0.15, 0.2) is 23.9 Å². The Balaban J connectivity index is 2.10. The molecule has 0 saturated carbocycles. The zero-order valence-corrected chi connectivity index (χ0v) is 14.1. The molecule has 2 heterocycles. The van der Waals surface area contributed by atoms with Crippen LogP contribution in [0.25, 0.3) is 11.6 Å². The highest BCUT2D eigenvalue weighted by Crippen LogP contribution is 2.39. The van der Waals surface area contributed by atoms with Crippen molar-refractivity contribution in [3.8, 4) is 0 Å². The number of fused-ring (bicyclic) bond motifs is 1. The van der Waals surface area contributed by atoms with Crippen molar-refractivity contribution in [2.24, 2.45) is 0 Å². The number of aryl methyl sites for hydroxylation is 1. The molecule has 0 atom stereocenters. The van der Waals surface area contributed by atoms with E-state index in [1.807, 2.05) is 6.92 Å². The van der Waals surface area contributed by atoms with Crippen molar-refractivity contribution >= 4 is 29.3 Å². The summed E-state index contributed by atoms with van der Waals surface area (Å²) < 4.78 is 0. The minimum absolute atomic E-state index is 0.0389. The number of nitrogens with one attached hydrogen (secondary N) is 2. The van der Waals surface area contributed by atoms with Crippen LogP contribution in [0.4, 0.5) is 10.5 Å². The molecule has 0 spiro atoms. The SMILES string of the molecule is CC1=CC(C)(C)N(C)c2cc(C)c(/C=C3\NC(=O)NC3=O)cc21. The molecule has 3 amide bonds. The van der Waals surface area contributed by atoms with Gasteiger partial charge in [0.1, 0.15) is 5.70 Å². The van der Waals surface area contributed by atoms with Crippen LogP contribution in [-0.4, -0.2) is 24.5 Å². The molecule has 5 nitrogen and oxygen atoms in total. The fourth-order valence-corrected chi connectivity index (χ4v) is 3.11. The molecule has 120 valence electrons. The van der Waals surface area contributed by atoms with Gasteiger partial charge in [0.2, 0.25) is 0 Å². The standard InChI is InChI=1S/C18H21N3O2/c1-10-6-15-13(11(2)9-18(3,4)21(15)5)7-12(10)8-14-16(22)20-17(23)19-14/h6-9H,1-5H3,(H2,19,20,22,23)/b14-8-. The van der Waals surface area contributed by atoms with Gasteiger partial charge in [-0.3, -0.25) is 10.1 Å². The van der Waals surface area contributed by atoms with Gasteiger partial charge in [0.25, 0.3) is 5.91 Å². The number of carbonyl (C=O) groups is 2. The maximum absolute atomic E-state index is 11.7. The predicted molar refractivity (Wildman–Crippen MR) is 92.0 cm³/mol. The number of hydrogen-bond acceptors (Lipinski definition) is 3. The van der Waals surface area contributed by atoms with Gasteiger partial charge in [-0.2, -0.15) is 0 Å². The molecular formula is C18H21N3O2. The molecule has 0 unspecified atom stereocenters. The molecule has 1 aromatic carbocycles. The fourth-order valence-electron chi connectivity index (χ4n) is 3.11. The Morgan fingerprint density at radius 1 is 1.13 bits per heavy atom. The van der Waals surface area contributed by atoms with E-state index in [2.05, 4.69) is 61.6 Å². The Hall–Kier alpha value is -2.56. The zero-order valence-electron chi connectivity index (χ0n) is 14.1. The number of nitrogens with zero attached hydrogens (tertiary/aromatic N) is 1. The van der Waals surface area contributed by atoms with Crippen molar-refractivity contribution in [3.63, 3.8) is 0 Å². The van der Waals surface area contributed by atoms with E-state index in [0.29, 0.717) is 0 Å². The third kappa shape index (κ3) is 2.52. The van der Waals surface area contributed by atoms with E-state index in [1.54, 1.807) is 6.08 Å². The second kappa shape index (κ2) is 4.98. The summed E-state index contributed by atoms with van der Waals surface area (Å²) in [6, 6.07) is 3.73. The first kappa shape index (κ1) is 15.3. The van der Waals surface area contributed by atoms with Crippen molar-refractivity contribution in [2.45, 2.75) is 33.2 Å². The van der Waals surface area contributed by atoms with Gasteiger partial charge in [-0.05, 0) is 62.6 Å². The molecule has 3 rings (SSSR count). The van der Waals surface area contributed by atoms with E-state index >= 15 is 0 Å². The summed E-state index contributed by atoms with van der Waals surface area (Å²) in [5.74, 6) is -0.391. The molecule has 0 radical (unpaired) electrons. The van der Waals surface area contributed by atoms with Crippen molar-refractivity contribution in [3.05, 3.63) is 40.6 Å². The van der Waals surface area contributed by atoms with Crippen LogP contribution in [0.3, 0.4) is 0 Å². The molecule has 2 N–H and O–H groups in total. The summed E-state index contributed by atoms with van der Waals surface area (Å²) in [5.41, 5.74) is 5.76. The highest BCUT2D eigenvalue weighted by Gasteiger charge is 2.29. The van der Waals surface area contributed by atoms with Crippen LogP contribution < -0.4 is 15.5 Å².